The Bertz CT molecular complexity index is 741. The van der Waals surface area contributed by atoms with E-state index >= 15 is 0 Å². The van der Waals surface area contributed by atoms with Crippen LogP contribution in [0.1, 0.15) is 22.3 Å². The molecular weight excluding hydrogens is 331 g/mol. The van der Waals surface area contributed by atoms with Gasteiger partial charge in [-0.05, 0) is 60.1 Å². The summed E-state index contributed by atoms with van der Waals surface area (Å²) in [5.74, 6) is 1.53. The molecule has 0 atom stereocenters. The highest BCUT2D eigenvalue weighted by atomic mass is 16.6. The van der Waals surface area contributed by atoms with Crippen molar-refractivity contribution in [2.24, 2.45) is 0 Å². The fourth-order valence-corrected chi connectivity index (χ4v) is 3.02. The smallest absolute Gasteiger partial charge is 0.526 e. The summed E-state index contributed by atoms with van der Waals surface area (Å²) in [6.07, 6.45) is 10.5. The maximum atomic E-state index is 5.84. The maximum Gasteiger partial charge on any atom is 0.658 e. The van der Waals surface area contributed by atoms with Crippen molar-refractivity contribution in [1.29, 1.82) is 0 Å². The van der Waals surface area contributed by atoms with E-state index in [4.69, 9.17) is 9.31 Å². The lowest BCUT2D eigenvalue weighted by Crippen LogP contribution is -2.14. The van der Waals surface area contributed by atoms with E-state index in [2.05, 4.69) is 38.4 Å². The van der Waals surface area contributed by atoms with Crippen molar-refractivity contribution in [3.63, 3.8) is 0 Å². The van der Waals surface area contributed by atoms with Crippen LogP contribution in [0.15, 0.2) is 87.0 Å². The molecule has 2 aromatic rings. The SMILES string of the molecule is C=CCc1cccc(O[B]Oc2cccc(CC=C)c2CC=C)c1CC=C. The molecule has 0 aliphatic rings. The van der Waals surface area contributed by atoms with Gasteiger partial charge in [-0.1, -0.05) is 48.6 Å². The third kappa shape index (κ3) is 5.52. The Kier molecular flexibility index (Phi) is 8.24. The summed E-state index contributed by atoms with van der Waals surface area (Å²) in [6.45, 7) is 15.3. The molecule has 0 N–H and O–H groups in total. The van der Waals surface area contributed by atoms with Crippen LogP contribution >= 0.6 is 0 Å². The van der Waals surface area contributed by atoms with Crippen LogP contribution in [0.4, 0.5) is 0 Å². The zero-order valence-corrected chi connectivity index (χ0v) is 15.8. The van der Waals surface area contributed by atoms with E-state index in [1.165, 1.54) is 18.8 Å². The molecule has 27 heavy (non-hydrogen) atoms. The van der Waals surface area contributed by atoms with Crippen LogP contribution in [0.25, 0.3) is 0 Å². The lowest BCUT2D eigenvalue weighted by Gasteiger charge is -2.16. The Morgan fingerprint density at radius 2 is 1.04 bits per heavy atom. The van der Waals surface area contributed by atoms with E-state index in [1.807, 2.05) is 48.6 Å². The first-order valence-corrected chi connectivity index (χ1v) is 9.05. The maximum absolute atomic E-state index is 5.84. The van der Waals surface area contributed by atoms with Gasteiger partial charge in [-0.2, -0.15) is 0 Å². The number of hydrogen-bond donors (Lipinski definition) is 0. The molecule has 0 bridgehead atoms. The van der Waals surface area contributed by atoms with E-state index in [-0.39, 0.29) is 0 Å². The summed E-state index contributed by atoms with van der Waals surface area (Å²) in [5, 5.41) is 0. The summed E-state index contributed by atoms with van der Waals surface area (Å²) in [6, 6.07) is 12.0. The Labute approximate surface area is 163 Å². The molecule has 0 aromatic heterocycles. The predicted molar refractivity (Wildman–Crippen MR) is 115 cm³/mol. The second-order valence-electron chi connectivity index (χ2n) is 6.09. The van der Waals surface area contributed by atoms with Crippen molar-refractivity contribution >= 4 is 7.69 Å². The Hall–Kier alpha value is -2.94. The Morgan fingerprint density at radius 1 is 0.630 bits per heavy atom. The first-order valence-electron chi connectivity index (χ1n) is 9.05. The van der Waals surface area contributed by atoms with E-state index in [1.54, 1.807) is 0 Å². The van der Waals surface area contributed by atoms with Crippen LogP contribution in [-0.2, 0) is 25.7 Å². The van der Waals surface area contributed by atoms with Gasteiger partial charge in [0.25, 0.3) is 0 Å². The second kappa shape index (κ2) is 10.9. The lowest BCUT2D eigenvalue weighted by molar-refractivity contribution is 0.453. The molecule has 0 amide bonds. The van der Waals surface area contributed by atoms with E-state index in [9.17, 15) is 0 Å². The van der Waals surface area contributed by atoms with Gasteiger partial charge in [0.2, 0.25) is 0 Å². The summed E-state index contributed by atoms with van der Waals surface area (Å²) in [7, 11) is 1.39. The molecule has 0 heterocycles. The molecule has 0 aliphatic heterocycles. The van der Waals surface area contributed by atoms with E-state index in [0.717, 1.165) is 48.3 Å². The quantitative estimate of drug-likeness (QED) is 0.364. The third-order valence-electron chi connectivity index (χ3n) is 4.24. The Balaban J connectivity index is 2.17. The highest BCUT2D eigenvalue weighted by molar-refractivity contribution is 6.20. The zero-order chi connectivity index (χ0) is 19.5. The molecule has 1 radical (unpaired) electrons. The van der Waals surface area contributed by atoms with Crippen molar-refractivity contribution in [2.45, 2.75) is 25.7 Å². The van der Waals surface area contributed by atoms with Gasteiger partial charge < -0.3 is 9.31 Å². The van der Waals surface area contributed by atoms with Gasteiger partial charge in [0.1, 0.15) is 11.5 Å². The van der Waals surface area contributed by atoms with Gasteiger partial charge in [-0.15, -0.1) is 26.3 Å². The Morgan fingerprint density at radius 3 is 1.41 bits per heavy atom. The molecule has 2 rings (SSSR count). The molecular formula is C24H26BO2. The largest absolute Gasteiger partial charge is 0.658 e. The van der Waals surface area contributed by atoms with Crippen molar-refractivity contribution in [2.75, 3.05) is 0 Å². The fraction of sp³-hybridized carbons (Fsp3) is 0.167. The van der Waals surface area contributed by atoms with Crippen LogP contribution in [0, 0.1) is 0 Å². The van der Waals surface area contributed by atoms with E-state index in [0.29, 0.717) is 0 Å². The van der Waals surface area contributed by atoms with Gasteiger partial charge in [0, 0.05) is 0 Å². The van der Waals surface area contributed by atoms with Gasteiger partial charge in [0.15, 0.2) is 0 Å². The molecule has 0 unspecified atom stereocenters. The highest BCUT2D eigenvalue weighted by Crippen LogP contribution is 2.26. The first-order chi connectivity index (χ1) is 13.2. The lowest BCUT2D eigenvalue weighted by atomic mass is 10.00. The molecule has 0 saturated heterocycles. The van der Waals surface area contributed by atoms with Crippen molar-refractivity contribution < 1.29 is 9.31 Å². The molecule has 0 fully saturated rings. The average Bonchev–Trinajstić information content (AvgIpc) is 2.67. The van der Waals surface area contributed by atoms with Crippen LogP contribution < -0.4 is 9.31 Å². The standard InChI is InChI=1S/C24H26BO2/c1-5-11-19-15-9-17-23(21(19)13-7-3)26-25-27-24-18-10-16-20(12-6-2)22(24)14-8-4/h5-10,15-18H,1-4,11-14H2. The number of benzene rings is 2. The molecule has 2 aromatic carbocycles. The summed E-state index contributed by atoms with van der Waals surface area (Å²) in [4.78, 5) is 0. The van der Waals surface area contributed by atoms with Crippen molar-refractivity contribution in [1.82, 2.24) is 0 Å². The van der Waals surface area contributed by atoms with Gasteiger partial charge in [-0.3, -0.25) is 0 Å². The first kappa shape index (κ1) is 20.4. The summed E-state index contributed by atoms with van der Waals surface area (Å²) in [5.41, 5.74) is 4.55. The molecule has 0 aliphatic carbocycles. The monoisotopic (exact) mass is 357 g/mol. The molecule has 3 heteroatoms. The topological polar surface area (TPSA) is 18.5 Å². The van der Waals surface area contributed by atoms with Gasteiger partial charge in [-0.25, -0.2) is 0 Å². The molecule has 137 valence electrons. The molecule has 0 spiro atoms. The van der Waals surface area contributed by atoms with Crippen LogP contribution in [-0.4, -0.2) is 7.69 Å². The number of allylic oxidation sites excluding steroid dienone is 4. The fourth-order valence-electron chi connectivity index (χ4n) is 3.02. The number of rotatable bonds is 12. The van der Waals surface area contributed by atoms with Gasteiger partial charge in [0.05, 0.1) is 0 Å². The van der Waals surface area contributed by atoms with Crippen LogP contribution in [0.2, 0.25) is 0 Å². The normalized spacial score (nSPS) is 9.93. The van der Waals surface area contributed by atoms with E-state index < -0.39 is 0 Å². The predicted octanol–water partition coefficient (Wildman–Crippen LogP) is 5.59. The number of hydrogen-bond acceptors (Lipinski definition) is 2. The minimum Gasteiger partial charge on any atom is -0.526 e. The van der Waals surface area contributed by atoms with Crippen molar-refractivity contribution in [3.05, 3.63) is 109 Å². The van der Waals surface area contributed by atoms with Crippen molar-refractivity contribution in [3.8, 4) is 11.5 Å². The highest BCUT2D eigenvalue weighted by Gasteiger charge is 2.12. The zero-order valence-electron chi connectivity index (χ0n) is 15.8. The van der Waals surface area contributed by atoms with Crippen LogP contribution in [0.5, 0.6) is 11.5 Å². The summed E-state index contributed by atoms with van der Waals surface area (Å²) >= 11 is 0. The van der Waals surface area contributed by atoms with Gasteiger partial charge >= 0.3 is 7.69 Å². The summed E-state index contributed by atoms with van der Waals surface area (Å²) < 4.78 is 11.7. The second-order valence-corrected chi connectivity index (χ2v) is 6.09. The van der Waals surface area contributed by atoms with Crippen LogP contribution in [0.3, 0.4) is 0 Å². The minimum absolute atomic E-state index is 0.726. The average molecular weight is 357 g/mol. The third-order valence-corrected chi connectivity index (χ3v) is 4.24. The molecule has 0 saturated carbocycles. The minimum atomic E-state index is 0.726. The molecule has 2 nitrogen and oxygen atoms in total.